The highest BCUT2D eigenvalue weighted by Crippen LogP contribution is 2.45. The zero-order valence-corrected chi connectivity index (χ0v) is 11.8. The first-order valence-corrected chi connectivity index (χ1v) is 5.82. The van der Waals surface area contributed by atoms with Crippen molar-refractivity contribution in [3.8, 4) is 0 Å². The van der Waals surface area contributed by atoms with Crippen molar-refractivity contribution in [3.05, 3.63) is 0 Å². The topological polar surface area (TPSA) is 26.3 Å². The molecule has 0 N–H and O–H groups in total. The number of hydrogen-bond acceptors (Lipinski definition) is 2. The van der Waals surface area contributed by atoms with Crippen molar-refractivity contribution in [1.29, 1.82) is 0 Å². The van der Waals surface area contributed by atoms with Crippen molar-refractivity contribution < 1.29 is 41.7 Å². The van der Waals surface area contributed by atoms with Crippen LogP contribution in [0.3, 0.4) is 0 Å². The summed E-state index contributed by atoms with van der Waals surface area (Å²) in [6, 6.07) is 0. The largest absolute Gasteiger partial charge is 1.00 e. The maximum absolute atomic E-state index is 12.5. The smallest absolute Gasteiger partial charge is 0.365 e. The van der Waals surface area contributed by atoms with Gasteiger partial charge in [0.2, 0.25) is 0 Å². The van der Waals surface area contributed by atoms with E-state index in [1.165, 1.54) is 0 Å². The van der Waals surface area contributed by atoms with Crippen molar-refractivity contribution in [2.24, 2.45) is 0 Å². The van der Waals surface area contributed by atoms with Crippen LogP contribution in [-0.2, 0) is 9.09 Å². The Kier molecular flexibility index (Phi) is 7.04. The molecular formula is C7H18FINO2P. The van der Waals surface area contributed by atoms with Crippen molar-refractivity contribution >= 4 is 7.68 Å². The minimum atomic E-state index is -3.82. The van der Waals surface area contributed by atoms with E-state index < -0.39 is 7.68 Å². The number of halogens is 2. The first kappa shape index (κ1) is 16.2. The summed E-state index contributed by atoms with van der Waals surface area (Å²) in [5, 5.41) is 0. The Hall–Kier alpha value is 0.810. The zero-order chi connectivity index (χ0) is 9.99. The van der Waals surface area contributed by atoms with Crippen LogP contribution < -0.4 is 24.0 Å². The Morgan fingerprint density at radius 3 is 2.08 bits per heavy atom. The van der Waals surface area contributed by atoms with E-state index in [0.29, 0.717) is 11.0 Å². The van der Waals surface area contributed by atoms with Gasteiger partial charge in [0.05, 0.1) is 21.1 Å². The van der Waals surface area contributed by atoms with Crippen LogP contribution in [0.5, 0.6) is 0 Å². The van der Waals surface area contributed by atoms with Crippen molar-refractivity contribution in [2.45, 2.75) is 13.0 Å². The van der Waals surface area contributed by atoms with Crippen LogP contribution in [0.25, 0.3) is 0 Å². The fraction of sp³-hybridized carbons (Fsp3) is 1.00. The molecule has 2 atom stereocenters. The lowest BCUT2D eigenvalue weighted by Gasteiger charge is -2.27. The van der Waals surface area contributed by atoms with E-state index >= 15 is 0 Å². The first-order chi connectivity index (χ1) is 5.10. The van der Waals surface area contributed by atoms with Crippen LogP contribution in [-0.4, -0.2) is 44.9 Å². The predicted octanol–water partition coefficient (Wildman–Crippen LogP) is -1.11. The number of quaternary nitrogens is 1. The molecule has 0 aromatic carbocycles. The Bertz CT molecular complexity index is 189. The molecule has 6 heteroatoms. The summed E-state index contributed by atoms with van der Waals surface area (Å²) in [5.41, 5.74) is 0. The van der Waals surface area contributed by atoms with Crippen LogP contribution in [0.15, 0.2) is 0 Å². The van der Waals surface area contributed by atoms with Crippen molar-refractivity contribution in [2.75, 3.05) is 34.4 Å². The van der Waals surface area contributed by atoms with E-state index in [0.717, 1.165) is 6.66 Å². The van der Waals surface area contributed by atoms with Gasteiger partial charge in [0.1, 0.15) is 12.6 Å². The second kappa shape index (κ2) is 5.63. The predicted molar refractivity (Wildman–Crippen MR) is 48.1 cm³/mol. The summed E-state index contributed by atoms with van der Waals surface area (Å²) in [7, 11) is 2.09. The second-order valence-electron chi connectivity index (χ2n) is 4.14. The molecule has 2 unspecified atom stereocenters. The van der Waals surface area contributed by atoms with Crippen LogP contribution >= 0.6 is 7.68 Å². The third kappa shape index (κ3) is 12.8. The molecule has 0 aromatic rings. The van der Waals surface area contributed by atoms with Gasteiger partial charge in [-0.2, -0.15) is 4.20 Å². The maximum atomic E-state index is 12.5. The SMILES string of the molecule is CC(C[N+](C)(C)C)OP(C)(=O)F.[I-]. The van der Waals surface area contributed by atoms with E-state index in [2.05, 4.69) is 4.52 Å². The van der Waals surface area contributed by atoms with Crippen LogP contribution in [0, 0.1) is 0 Å². The van der Waals surface area contributed by atoms with Gasteiger partial charge in [0, 0.05) is 6.66 Å². The fourth-order valence-corrected chi connectivity index (χ4v) is 1.84. The van der Waals surface area contributed by atoms with E-state index in [1.54, 1.807) is 6.92 Å². The van der Waals surface area contributed by atoms with Crippen LogP contribution in [0.4, 0.5) is 4.20 Å². The minimum absolute atomic E-state index is 0. The zero-order valence-electron chi connectivity index (χ0n) is 8.75. The monoisotopic (exact) mass is 325 g/mol. The molecule has 0 aromatic heterocycles. The highest BCUT2D eigenvalue weighted by atomic mass is 127. The third-order valence-corrected chi connectivity index (χ3v) is 1.91. The summed E-state index contributed by atoms with van der Waals surface area (Å²) in [6.07, 6.45) is -0.314. The molecule has 0 bridgehead atoms. The van der Waals surface area contributed by atoms with Gasteiger partial charge >= 0.3 is 7.68 Å². The van der Waals surface area contributed by atoms with Gasteiger partial charge in [-0.3, -0.25) is 9.09 Å². The molecule has 0 saturated heterocycles. The average Bonchev–Trinajstić information content (AvgIpc) is 1.49. The van der Waals surface area contributed by atoms with Crippen LogP contribution in [0.2, 0.25) is 0 Å². The summed E-state index contributed by atoms with van der Waals surface area (Å²) in [6.45, 7) is 3.35. The first-order valence-electron chi connectivity index (χ1n) is 3.86. The second-order valence-corrected chi connectivity index (χ2v) is 5.84. The van der Waals surface area contributed by atoms with Crippen molar-refractivity contribution in [3.63, 3.8) is 0 Å². The molecule has 0 rings (SSSR count). The van der Waals surface area contributed by atoms with Crippen molar-refractivity contribution in [1.82, 2.24) is 0 Å². The third-order valence-electron chi connectivity index (χ3n) is 1.17. The quantitative estimate of drug-likeness (QED) is 0.372. The van der Waals surface area contributed by atoms with E-state index in [9.17, 15) is 8.76 Å². The maximum Gasteiger partial charge on any atom is 0.365 e. The van der Waals surface area contributed by atoms with E-state index in [1.807, 2.05) is 21.1 Å². The molecule has 82 valence electrons. The molecule has 3 nitrogen and oxygen atoms in total. The number of nitrogens with zero attached hydrogens (tertiary/aromatic N) is 1. The summed E-state index contributed by atoms with van der Waals surface area (Å²) in [5.74, 6) is 0. The molecular weight excluding hydrogens is 307 g/mol. The lowest BCUT2D eigenvalue weighted by Crippen LogP contribution is -3.00. The molecule has 0 heterocycles. The van der Waals surface area contributed by atoms with Gasteiger partial charge in [-0.05, 0) is 6.92 Å². The fourth-order valence-electron chi connectivity index (χ4n) is 1.13. The lowest BCUT2D eigenvalue weighted by atomic mass is 10.3. The molecule has 0 aliphatic heterocycles. The molecule has 0 saturated carbocycles. The van der Waals surface area contributed by atoms with Gasteiger partial charge < -0.3 is 28.5 Å². The lowest BCUT2D eigenvalue weighted by molar-refractivity contribution is -0.873. The van der Waals surface area contributed by atoms with Gasteiger partial charge in [0.15, 0.2) is 0 Å². The van der Waals surface area contributed by atoms with Gasteiger partial charge in [-0.25, -0.2) is 0 Å². The molecule has 0 amide bonds. The summed E-state index contributed by atoms with van der Waals surface area (Å²) in [4.78, 5) is 0. The molecule has 0 spiro atoms. The average molecular weight is 325 g/mol. The number of likely N-dealkylation sites (N-methyl/N-ethyl adjacent to an activating group) is 1. The molecule has 0 radical (unpaired) electrons. The van der Waals surface area contributed by atoms with E-state index in [-0.39, 0.29) is 30.1 Å². The Morgan fingerprint density at radius 1 is 1.46 bits per heavy atom. The van der Waals surface area contributed by atoms with Gasteiger partial charge in [-0.1, -0.05) is 0 Å². The molecule has 0 fully saturated rings. The minimum Gasteiger partial charge on any atom is -1.00 e. The van der Waals surface area contributed by atoms with E-state index in [4.69, 9.17) is 0 Å². The van der Waals surface area contributed by atoms with Gasteiger partial charge in [-0.15, -0.1) is 0 Å². The number of rotatable bonds is 4. The molecule has 0 aliphatic carbocycles. The molecule has 13 heavy (non-hydrogen) atoms. The Morgan fingerprint density at radius 2 is 1.85 bits per heavy atom. The normalized spacial score (nSPS) is 18.6. The van der Waals surface area contributed by atoms with Crippen LogP contribution in [0.1, 0.15) is 6.92 Å². The Labute approximate surface area is 96.8 Å². The highest BCUT2D eigenvalue weighted by Gasteiger charge is 2.22. The summed E-state index contributed by atoms with van der Waals surface area (Å²) >= 11 is 0. The standard InChI is InChI=1S/C7H18FNO2P.HI/c1-7(6-9(2,3)4)11-12(5,8)10;/h7H,6H2,1-5H3;1H/q+1;/p-1. The number of hydrogen-bond donors (Lipinski definition) is 0. The highest BCUT2D eigenvalue weighted by molar-refractivity contribution is 7.52. The summed E-state index contributed by atoms with van der Waals surface area (Å²) < 4.78 is 28.5. The molecule has 0 aliphatic rings. The Balaban J connectivity index is 0. The van der Waals surface area contributed by atoms with Gasteiger partial charge in [0.25, 0.3) is 0 Å².